The Morgan fingerprint density at radius 3 is 1.43 bits per heavy atom. The predicted octanol–water partition coefficient (Wildman–Crippen LogP) is -6.69. The van der Waals surface area contributed by atoms with Gasteiger partial charge >= 0.3 is 23.9 Å². The lowest BCUT2D eigenvalue weighted by Crippen LogP contribution is -2.60. The molecule has 2 saturated heterocycles. The third-order valence-corrected chi connectivity index (χ3v) is 24.4. The van der Waals surface area contributed by atoms with Crippen LogP contribution in [0.2, 0.25) is 0 Å². The number of nitrogens with one attached hydrogen (secondary N) is 18. The molecule has 2 aromatic carbocycles. The molecular formula is C93H141N27O27S. The first kappa shape index (κ1) is 122. The second-order valence-corrected chi connectivity index (χ2v) is 38.4. The van der Waals surface area contributed by atoms with Crippen molar-refractivity contribution in [3.8, 4) is 11.5 Å². The SMILES string of the molecule is CSCCC(NC(=O)C(CC(C)C)NC(=O)C(Cc1cnc[nH]1)NC(=O)CNC(=O)C(NC(=O)C(C)NC(=O)C(Cc1cc2ccccc2[nH]1)NC(=O)C(CCC(N)=O)NC(=O)C(CC(N)=O)NC(=O)CNC(=O)C(CC(C)C)NC(=O)C(CCCCNC(=O)Nc1cc(O)c(CN2CCN(CC(=O)O)CCN(CC(=O)O)CCN(CC(=O)O)CC2)c(O)c1)NC(=O)C(CCC(N)=O)NC(=O)C1CCC(=O)N1)C(C)C)C(N)=O. The summed E-state index contributed by atoms with van der Waals surface area (Å²) < 4.78 is 0. The maximum Gasteiger partial charge on any atom is 0.319 e. The first-order valence-electron chi connectivity index (χ1n) is 48.4. The van der Waals surface area contributed by atoms with Crippen LogP contribution in [0.15, 0.2) is 55.0 Å². The van der Waals surface area contributed by atoms with Crippen LogP contribution in [-0.4, -0.2) is 366 Å². The molecule has 2 aliphatic rings. The lowest BCUT2D eigenvalue weighted by atomic mass is 10.0. The number of nitrogens with two attached hydrogens (primary N) is 4. The number of para-hydroxylation sites is 1. The van der Waals surface area contributed by atoms with Crippen LogP contribution in [0.25, 0.3) is 10.9 Å². The number of hydrogen-bond acceptors (Lipinski definition) is 30. The maximum absolute atomic E-state index is 14.7. The molecule has 0 spiro atoms. The minimum atomic E-state index is -1.96. The molecule has 55 heteroatoms. The summed E-state index contributed by atoms with van der Waals surface area (Å²) in [4.78, 5) is 311. The molecule has 2 fully saturated rings. The molecule has 31 N–H and O–H groups in total. The highest BCUT2D eigenvalue weighted by Crippen LogP contribution is 2.33. The van der Waals surface area contributed by atoms with E-state index in [1.165, 1.54) is 31.2 Å². The summed E-state index contributed by atoms with van der Waals surface area (Å²) in [6.07, 6.45) is 0.937. The molecule has 4 heterocycles. The van der Waals surface area contributed by atoms with Crippen LogP contribution in [-0.2, 0) is 120 Å². The quantitative estimate of drug-likeness (QED) is 0.0183. The van der Waals surface area contributed by atoms with Crippen molar-refractivity contribution >= 4 is 159 Å². The molecule has 0 bridgehead atoms. The molecule has 0 saturated carbocycles. The minimum Gasteiger partial charge on any atom is -0.507 e. The zero-order chi connectivity index (χ0) is 110. The number of H-pyrrole nitrogens is 2. The second kappa shape index (κ2) is 61.5. The van der Waals surface area contributed by atoms with Crippen LogP contribution in [0.1, 0.15) is 149 Å². The fourth-order valence-electron chi connectivity index (χ4n) is 15.9. The number of amides is 20. The highest BCUT2D eigenvalue weighted by molar-refractivity contribution is 7.98. The number of carbonyl (C=O) groups excluding carboxylic acids is 19. The van der Waals surface area contributed by atoms with Crippen molar-refractivity contribution in [3.63, 3.8) is 0 Å². The second-order valence-electron chi connectivity index (χ2n) is 37.4. The molecular weight excluding hydrogens is 1960 g/mol. The number of primary amides is 4. The lowest BCUT2D eigenvalue weighted by Gasteiger charge is -2.33. The van der Waals surface area contributed by atoms with E-state index in [9.17, 15) is 131 Å². The van der Waals surface area contributed by atoms with E-state index in [1.54, 1.807) is 91.5 Å². The molecule has 0 aliphatic carbocycles. The number of imidazole rings is 1. The van der Waals surface area contributed by atoms with Gasteiger partial charge in [0.1, 0.15) is 84.0 Å². The molecule has 4 aromatic rings. The number of phenols is 2. The van der Waals surface area contributed by atoms with E-state index in [-0.39, 0.29) is 153 Å². The fraction of sp³-hybridized carbons (Fsp3) is 0.581. The zero-order valence-corrected chi connectivity index (χ0v) is 84.8. The van der Waals surface area contributed by atoms with Crippen LogP contribution < -0.4 is 108 Å². The van der Waals surface area contributed by atoms with Gasteiger partial charge in [0.25, 0.3) is 0 Å². The number of aromatic nitrogens is 3. The number of carbonyl (C=O) groups is 22. The number of carboxylic acid groups (broad SMARTS) is 3. The third-order valence-electron chi connectivity index (χ3n) is 23.7. The number of aromatic amines is 2. The van der Waals surface area contributed by atoms with Gasteiger partial charge in [-0.05, 0) is 112 Å². The smallest absolute Gasteiger partial charge is 0.319 e. The highest BCUT2D eigenvalue weighted by Gasteiger charge is 2.39. The van der Waals surface area contributed by atoms with Gasteiger partial charge in [0.05, 0.1) is 45.5 Å². The summed E-state index contributed by atoms with van der Waals surface area (Å²) in [6, 6.07) is -7.79. The number of aromatic hydroxyl groups is 2. The molecule has 2 aromatic heterocycles. The van der Waals surface area contributed by atoms with Crippen molar-refractivity contribution in [1.82, 2.24) is 114 Å². The van der Waals surface area contributed by atoms with Gasteiger partial charge in [0.2, 0.25) is 106 Å². The average molecular weight is 2100 g/mol. The topological polar surface area (TPSA) is 831 Å². The molecule has 54 nitrogen and oxygen atoms in total. The molecule has 816 valence electrons. The monoisotopic (exact) mass is 2100 g/mol. The van der Waals surface area contributed by atoms with Gasteiger partial charge in [-0.1, -0.05) is 59.7 Å². The van der Waals surface area contributed by atoms with Crippen molar-refractivity contribution < 1.29 is 131 Å². The van der Waals surface area contributed by atoms with Crippen molar-refractivity contribution in [2.75, 3.05) is 109 Å². The number of hydrogen-bond donors (Lipinski definition) is 27. The molecule has 12 unspecified atom stereocenters. The number of unbranched alkanes of at least 4 members (excludes halogenated alkanes) is 1. The molecule has 20 amide bonds. The number of aliphatic carboxylic acids is 3. The normalized spacial score (nSPS) is 16.1. The van der Waals surface area contributed by atoms with Crippen molar-refractivity contribution in [1.29, 1.82) is 0 Å². The largest absolute Gasteiger partial charge is 0.507 e. The van der Waals surface area contributed by atoms with Gasteiger partial charge in [-0.3, -0.25) is 120 Å². The van der Waals surface area contributed by atoms with E-state index >= 15 is 0 Å². The maximum atomic E-state index is 14.7. The van der Waals surface area contributed by atoms with Gasteiger partial charge in [0.15, 0.2) is 0 Å². The van der Waals surface area contributed by atoms with Crippen molar-refractivity contribution in [3.05, 3.63) is 71.9 Å². The standard InChI is InChI=1S/C93H141N27O27S/c1-49(2)33-64(113-84(138)60(110-86(140)62(16-19-71(94)123)111-85(139)61-18-21-74(126)106-61)15-11-12-23-99-93(147)105-55-38-69(121)57(70(122)39-55)44-117-24-26-118(45-77(129)130)28-30-120(47-79(133)134)31-29-119(27-25-117)46-78(131)132)83(137)100-42-75(127)108-68(40-73(96)125)91(145)112-63(17-20-72(95)124)87(141)115-67(36-54-35-53-13-9-10-14-58(53)104-54)88(142)103-52(7)82(136)116-80(51(5)6)92(146)101-43-76(128)107-66(37-56-41-98-48-102-56)90(144)114-65(34-50(3)4)89(143)109-59(81(97)135)22-32-148-8/h9-10,13-14,35,38-39,41,48-52,59-68,80,104,121-122H,11-12,15-34,36-37,40,42-47H2,1-8H3,(H2,94,123)(H2,95,124)(H2,96,125)(H2,97,135)(H,98,102)(H,100,137)(H,101,146)(H,103,142)(H,106,126)(H,107,128)(H,108,127)(H,109,143)(H,110,140)(H,111,139)(H,112,145)(H,113,138)(H,114,144)(H,115,141)(H,116,136)(H,129,130)(H,131,132)(H,133,134)(H2,99,105,147). The van der Waals surface area contributed by atoms with Gasteiger partial charge in [-0.25, -0.2) is 9.78 Å². The number of fused-ring (bicyclic) bond motifs is 1. The number of benzene rings is 2. The van der Waals surface area contributed by atoms with Crippen LogP contribution in [0, 0.1) is 17.8 Å². The van der Waals surface area contributed by atoms with E-state index in [2.05, 4.69) is 100 Å². The molecule has 2 aliphatic heterocycles. The number of carboxylic acids is 3. The van der Waals surface area contributed by atoms with Crippen LogP contribution in [0.4, 0.5) is 10.5 Å². The van der Waals surface area contributed by atoms with Gasteiger partial charge < -0.3 is 144 Å². The Balaban J connectivity index is 1.14. The molecule has 12 atom stereocenters. The lowest BCUT2D eigenvalue weighted by molar-refractivity contribution is -0.140. The first-order chi connectivity index (χ1) is 69.9. The Bertz CT molecular complexity index is 5210. The van der Waals surface area contributed by atoms with E-state index in [4.69, 9.17) is 22.9 Å². The van der Waals surface area contributed by atoms with E-state index in [0.29, 0.717) is 28.0 Å². The number of nitrogens with zero attached hydrogens (tertiary/aromatic N) is 5. The molecule has 0 radical (unpaired) electrons. The average Bonchev–Trinajstić information content (AvgIpc) is 1.60. The summed E-state index contributed by atoms with van der Waals surface area (Å²) >= 11 is 1.43. The number of thioether (sulfide) groups is 1. The summed E-state index contributed by atoms with van der Waals surface area (Å²) in [6.45, 7) is 9.13. The van der Waals surface area contributed by atoms with Crippen LogP contribution >= 0.6 is 11.8 Å². The Hall–Kier alpha value is -14.9. The Morgan fingerprint density at radius 2 is 0.939 bits per heavy atom. The predicted molar refractivity (Wildman–Crippen MR) is 533 cm³/mol. The van der Waals surface area contributed by atoms with Gasteiger partial charge in [0, 0.05) is 144 Å². The van der Waals surface area contributed by atoms with Gasteiger partial charge in [-0.15, -0.1) is 0 Å². The van der Waals surface area contributed by atoms with E-state index in [1.807, 2.05) is 6.26 Å². The first-order valence-corrected chi connectivity index (χ1v) is 49.8. The molecule has 6 rings (SSSR count). The van der Waals surface area contributed by atoms with Crippen molar-refractivity contribution in [2.45, 2.75) is 224 Å². The van der Waals surface area contributed by atoms with Gasteiger partial charge in [-0.2, -0.15) is 11.8 Å². The zero-order valence-electron chi connectivity index (χ0n) is 83.9. The Labute approximate surface area is 856 Å². The van der Waals surface area contributed by atoms with Crippen LogP contribution in [0.5, 0.6) is 11.5 Å². The number of phenolic OH excluding ortho intramolecular Hbond substituents is 2. The summed E-state index contributed by atoms with van der Waals surface area (Å²) in [7, 11) is 0. The van der Waals surface area contributed by atoms with Crippen molar-refractivity contribution in [2.24, 2.45) is 40.7 Å². The summed E-state index contributed by atoms with van der Waals surface area (Å²) in [5.41, 5.74) is 23.4. The summed E-state index contributed by atoms with van der Waals surface area (Å²) in [5, 5.41) is 92.3. The highest BCUT2D eigenvalue weighted by atomic mass is 32.2. The van der Waals surface area contributed by atoms with E-state index in [0.717, 1.165) is 12.1 Å². The van der Waals surface area contributed by atoms with E-state index < -0.39 is 284 Å². The fourth-order valence-corrected chi connectivity index (χ4v) is 16.4. The molecule has 148 heavy (non-hydrogen) atoms. The third kappa shape index (κ3) is 44.2. The van der Waals surface area contributed by atoms with Crippen LogP contribution in [0.3, 0.4) is 0 Å². The number of rotatable bonds is 61. The summed E-state index contributed by atoms with van der Waals surface area (Å²) in [5.74, 6) is -22.3. The minimum absolute atomic E-state index is 0.00757. The number of anilines is 1. The number of urea groups is 1. The Kier molecular flexibility index (Phi) is 50.6. The Morgan fingerprint density at radius 1 is 0.480 bits per heavy atom.